The molecule has 0 aromatic carbocycles. The number of allylic oxidation sites excluding steroid dienone is 4. The number of aromatic nitrogens is 2. The average molecular weight is 269 g/mol. The molecule has 1 aliphatic heterocycles. The molecule has 1 aliphatic carbocycles. The number of anilines is 2. The van der Waals surface area contributed by atoms with Gasteiger partial charge in [-0.3, -0.25) is 0 Å². The van der Waals surface area contributed by atoms with Gasteiger partial charge in [-0.25, -0.2) is 4.98 Å². The number of nitrogens with two attached hydrogens (primary N) is 1. The highest BCUT2D eigenvalue weighted by Gasteiger charge is 2.30. The first-order chi connectivity index (χ1) is 9.76. The Hall–Kier alpha value is -2.34. The molecule has 3 N–H and O–H groups in total. The predicted octanol–water partition coefficient (Wildman–Crippen LogP) is 1.17. The van der Waals surface area contributed by atoms with E-state index in [2.05, 4.69) is 20.2 Å². The van der Waals surface area contributed by atoms with Gasteiger partial charge in [-0.05, 0) is 12.6 Å². The van der Waals surface area contributed by atoms with Crippen molar-refractivity contribution in [1.29, 1.82) is 0 Å². The van der Waals surface area contributed by atoms with Gasteiger partial charge in [0.1, 0.15) is 11.8 Å². The summed E-state index contributed by atoms with van der Waals surface area (Å²) in [5, 5.41) is 3.24. The maximum absolute atomic E-state index is 5.85. The van der Waals surface area contributed by atoms with E-state index < -0.39 is 0 Å². The number of nitrogens with one attached hydrogen (secondary N) is 1. The van der Waals surface area contributed by atoms with Crippen LogP contribution in [-0.2, 0) is 0 Å². The van der Waals surface area contributed by atoms with Crippen LogP contribution in [0, 0.1) is 0 Å². The van der Waals surface area contributed by atoms with E-state index in [0.717, 1.165) is 35.6 Å². The summed E-state index contributed by atoms with van der Waals surface area (Å²) in [6.07, 6.45) is 7.78. The molecule has 4 rings (SSSR count). The second kappa shape index (κ2) is 4.08. The summed E-state index contributed by atoms with van der Waals surface area (Å²) in [6.45, 7) is 1.81. The zero-order chi connectivity index (χ0) is 13.7. The lowest BCUT2D eigenvalue weighted by molar-refractivity contribution is 0.446. The van der Waals surface area contributed by atoms with Gasteiger partial charge in [0.25, 0.3) is 0 Å². The van der Waals surface area contributed by atoms with Crippen molar-refractivity contribution < 1.29 is 4.42 Å². The summed E-state index contributed by atoms with van der Waals surface area (Å²) in [4.78, 5) is 10.8. The van der Waals surface area contributed by atoms with Crippen LogP contribution in [-0.4, -0.2) is 36.1 Å². The first-order valence-electron chi connectivity index (χ1n) is 6.62. The van der Waals surface area contributed by atoms with Gasteiger partial charge in [0, 0.05) is 24.7 Å². The lowest BCUT2D eigenvalue weighted by atomic mass is 10.0. The molecule has 0 unspecified atom stereocenters. The van der Waals surface area contributed by atoms with Crippen molar-refractivity contribution in [2.45, 2.75) is 6.04 Å². The van der Waals surface area contributed by atoms with Crippen LogP contribution < -0.4 is 16.0 Å². The summed E-state index contributed by atoms with van der Waals surface area (Å²) in [7, 11) is 1.96. The van der Waals surface area contributed by atoms with Gasteiger partial charge in [0.15, 0.2) is 11.4 Å². The van der Waals surface area contributed by atoms with E-state index in [1.54, 1.807) is 6.26 Å². The van der Waals surface area contributed by atoms with Crippen LogP contribution in [0.5, 0.6) is 0 Å². The second-order valence-corrected chi connectivity index (χ2v) is 5.10. The zero-order valence-electron chi connectivity index (χ0n) is 11.1. The van der Waals surface area contributed by atoms with Crippen molar-refractivity contribution in [3.63, 3.8) is 0 Å². The third-order valence-electron chi connectivity index (χ3n) is 3.87. The molecular formula is C14H15N5O. The molecule has 0 radical (unpaired) electrons. The number of nitrogens with zero attached hydrogens (tertiary/aromatic N) is 3. The lowest BCUT2D eigenvalue weighted by Crippen LogP contribution is -2.57. The largest absolute Gasteiger partial charge is 0.458 e. The highest BCUT2D eigenvalue weighted by molar-refractivity contribution is 5.98. The van der Waals surface area contributed by atoms with Crippen LogP contribution in [0.4, 0.5) is 11.8 Å². The van der Waals surface area contributed by atoms with E-state index in [4.69, 9.17) is 10.2 Å². The Morgan fingerprint density at radius 3 is 2.85 bits per heavy atom. The SMILES string of the molecule is CNC1CN(c2nc(N)nc3c(C4=CC=C4)coc23)C1. The molecule has 0 saturated carbocycles. The monoisotopic (exact) mass is 269 g/mol. The Labute approximate surface area is 116 Å². The number of likely N-dealkylation sites (N-methyl/N-ethyl adjacent to an activating group) is 1. The van der Waals surface area contributed by atoms with Gasteiger partial charge < -0.3 is 20.4 Å². The molecule has 2 aromatic rings. The molecule has 2 aromatic heterocycles. The van der Waals surface area contributed by atoms with E-state index >= 15 is 0 Å². The molecule has 6 nitrogen and oxygen atoms in total. The molecule has 102 valence electrons. The van der Waals surface area contributed by atoms with Crippen molar-refractivity contribution in [1.82, 2.24) is 15.3 Å². The van der Waals surface area contributed by atoms with Gasteiger partial charge in [0.2, 0.25) is 5.95 Å². The number of hydrogen-bond donors (Lipinski definition) is 2. The van der Waals surface area contributed by atoms with E-state index in [1.807, 2.05) is 25.3 Å². The highest BCUT2D eigenvalue weighted by Crippen LogP contribution is 2.35. The fourth-order valence-electron chi connectivity index (χ4n) is 2.55. The Morgan fingerprint density at radius 2 is 2.20 bits per heavy atom. The van der Waals surface area contributed by atoms with E-state index in [1.165, 1.54) is 0 Å². The van der Waals surface area contributed by atoms with Gasteiger partial charge in [-0.15, -0.1) is 0 Å². The van der Waals surface area contributed by atoms with Crippen LogP contribution in [0.25, 0.3) is 16.7 Å². The Kier molecular flexibility index (Phi) is 2.34. The van der Waals surface area contributed by atoms with Gasteiger partial charge in [0.05, 0.1) is 0 Å². The van der Waals surface area contributed by atoms with Crippen molar-refractivity contribution in [2.24, 2.45) is 0 Å². The number of rotatable bonds is 3. The summed E-state index contributed by atoms with van der Waals surface area (Å²) >= 11 is 0. The predicted molar refractivity (Wildman–Crippen MR) is 78.4 cm³/mol. The summed E-state index contributed by atoms with van der Waals surface area (Å²) < 4.78 is 5.70. The summed E-state index contributed by atoms with van der Waals surface area (Å²) in [5.41, 5.74) is 9.44. The lowest BCUT2D eigenvalue weighted by Gasteiger charge is -2.39. The normalized spacial score (nSPS) is 18.1. The quantitative estimate of drug-likeness (QED) is 0.870. The highest BCUT2D eigenvalue weighted by atomic mass is 16.3. The van der Waals surface area contributed by atoms with Crippen LogP contribution in [0.2, 0.25) is 0 Å². The first kappa shape index (κ1) is 11.5. The minimum atomic E-state index is 0.284. The molecule has 0 atom stereocenters. The number of nitrogen functional groups attached to an aromatic ring is 1. The minimum absolute atomic E-state index is 0.284. The summed E-state index contributed by atoms with van der Waals surface area (Å²) in [5.74, 6) is 1.07. The van der Waals surface area contributed by atoms with Crippen LogP contribution in [0.15, 0.2) is 28.9 Å². The average Bonchev–Trinajstić information content (AvgIpc) is 2.69. The Morgan fingerprint density at radius 1 is 1.40 bits per heavy atom. The van der Waals surface area contributed by atoms with Gasteiger partial charge in [-0.2, -0.15) is 4.98 Å². The van der Waals surface area contributed by atoms with Crippen molar-refractivity contribution in [2.75, 3.05) is 30.8 Å². The van der Waals surface area contributed by atoms with Gasteiger partial charge in [-0.1, -0.05) is 18.2 Å². The third-order valence-corrected chi connectivity index (χ3v) is 3.87. The van der Waals surface area contributed by atoms with E-state index in [-0.39, 0.29) is 5.95 Å². The van der Waals surface area contributed by atoms with Gasteiger partial charge >= 0.3 is 0 Å². The molecule has 6 heteroatoms. The molecule has 20 heavy (non-hydrogen) atoms. The minimum Gasteiger partial charge on any atom is -0.458 e. The second-order valence-electron chi connectivity index (χ2n) is 5.10. The number of fused-ring (bicyclic) bond motifs is 1. The molecular weight excluding hydrogens is 254 g/mol. The molecule has 0 bridgehead atoms. The van der Waals surface area contributed by atoms with Crippen molar-refractivity contribution >= 4 is 28.4 Å². The molecule has 1 saturated heterocycles. The summed E-state index contributed by atoms with van der Waals surface area (Å²) in [6, 6.07) is 0.493. The van der Waals surface area contributed by atoms with Crippen molar-refractivity contribution in [3.05, 3.63) is 30.1 Å². The van der Waals surface area contributed by atoms with E-state index in [9.17, 15) is 0 Å². The zero-order valence-corrected chi connectivity index (χ0v) is 11.1. The number of furan rings is 1. The first-order valence-corrected chi connectivity index (χ1v) is 6.62. The van der Waals surface area contributed by atoms with Crippen molar-refractivity contribution in [3.8, 4) is 0 Å². The molecule has 1 fully saturated rings. The van der Waals surface area contributed by atoms with Crippen LogP contribution in [0.3, 0.4) is 0 Å². The topological polar surface area (TPSA) is 80.2 Å². The standard InChI is InChI=1S/C14H15N5O/c1-16-9-5-19(6-9)13-12-11(17-14(15)18-13)10(7-20-12)8-3-2-4-8/h2-4,7,9,16H,5-6H2,1H3,(H2,15,17,18). The molecule has 0 spiro atoms. The Bertz CT molecular complexity index is 739. The van der Waals surface area contributed by atoms with E-state index in [0.29, 0.717) is 11.6 Å². The fraction of sp³-hybridized carbons (Fsp3) is 0.286. The Balaban J connectivity index is 1.79. The van der Waals surface area contributed by atoms with Crippen LogP contribution in [0.1, 0.15) is 5.56 Å². The maximum Gasteiger partial charge on any atom is 0.222 e. The molecule has 0 amide bonds. The third kappa shape index (κ3) is 1.55. The fourth-order valence-corrected chi connectivity index (χ4v) is 2.55. The molecule has 3 heterocycles. The van der Waals surface area contributed by atoms with Crippen LogP contribution >= 0.6 is 0 Å². The number of hydrogen-bond acceptors (Lipinski definition) is 6. The maximum atomic E-state index is 5.85. The molecule has 2 aliphatic rings. The smallest absolute Gasteiger partial charge is 0.222 e.